The second-order valence-electron chi connectivity index (χ2n) is 5.52. The third-order valence-corrected chi connectivity index (χ3v) is 7.64. The van der Waals surface area contributed by atoms with Crippen molar-refractivity contribution < 1.29 is 21.6 Å². The second kappa shape index (κ2) is 8.47. The third kappa shape index (κ3) is 4.73. The molecule has 0 saturated carbocycles. The number of nitrogens with one attached hydrogen (secondary N) is 1. The van der Waals surface area contributed by atoms with Crippen LogP contribution in [-0.2, 0) is 20.0 Å². The van der Waals surface area contributed by atoms with E-state index in [0.29, 0.717) is 18.8 Å². The Morgan fingerprint density at radius 3 is 2.00 bits per heavy atom. The quantitative estimate of drug-likeness (QED) is 0.691. The van der Waals surface area contributed by atoms with Crippen LogP contribution in [0.15, 0.2) is 52.3 Å². The van der Waals surface area contributed by atoms with Gasteiger partial charge in [-0.2, -0.15) is 4.31 Å². The van der Waals surface area contributed by atoms with E-state index in [9.17, 15) is 16.8 Å². The molecule has 10 heteroatoms. The minimum Gasteiger partial charge on any atom is -0.495 e. The molecule has 0 saturated heterocycles. The van der Waals surface area contributed by atoms with Gasteiger partial charge in [0.2, 0.25) is 10.0 Å². The summed E-state index contributed by atoms with van der Waals surface area (Å²) in [6, 6.07) is 9.55. The maximum Gasteiger partial charge on any atom is 0.261 e. The van der Waals surface area contributed by atoms with Crippen molar-refractivity contribution in [1.82, 2.24) is 4.31 Å². The van der Waals surface area contributed by atoms with Gasteiger partial charge in [-0.3, -0.25) is 4.72 Å². The summed E-state index contributed by atoms with van der Waals surface area (Å²) < 4.78 is 58.7. The van der Waals surface area contributed by atoms with Crippen LogP contribution in [0.5, 0.6) is 5.75 Å². The smallest absolute Gasteiger partial charge is 0.261 e. The first-order valence-corrected chi connectivity index (χ1v) is 11.4. The Balaban J connectivity index is 2.29. The van der Waals surface area contributed by atoms with Crippen LogP contribution < -0.4 is 9.46 Å². The normalized spacial score (nSPS) is 12.2. The minimum atomic E-state index is -3.90. The molecule has 27 heavy (non-hydrogen) atoms. The molecule has 2 aromatic carbocycles. The van der Waals surface area contributed by atoms with Crippen LogP contribution in [0.25, 0.3) is 0 Å². The topological polar surface area (TPSA) is 92.8 Å². The van der Waals surface area contributed by atoms with Crippen molar-refractivity contribution in [2.45, 2.75) is 23.6 Å². The van der Waals surface area contributed by atoms with E-state index in [4.69, 9.17) is 16.3 Å². The molecule has 0 bridgehead atoms. The Morgan fingerprint density at radius 2 is 1.52 bits per heavy atom. The van der Waals surface area contributed by atoms with Crippen LogP contribution in [0.4, 0.5) is 5.69 Å². The molecular formula is C17H21ClN2O5S2. The molecular weight excluding hydrogens is 412 g/mol. The fraction of sp³-hybridized carbons (Fsp3) is 0.294. The lowest BCUT2D eigenvalue weighted by atomic mass is 10.3. The van der Waals surface area contributed by atoms with Crippen LogP contribution in [0, 0.1) is 0 Å². The summed E-state index contributed by atoms with van der Waals surface area (Å²) in [6.45, 7) is 4.14. The van der Waals surface area contributed by atoms with Gasteiger partial charge in [0.25, 0.3) is 10.0 Å². The van der Waals surface area contributed by atoms with E-state index in [-0.39, 0.29) is 20.5 Å². The molecule has 0 amide bonds. The van der Waals surface area contributed by atoms with Crippen molar-refractivity contribution >= 4 is 37.3 Å². The average Bonchev–Trinajstić information content (AvgIpc) is 2.62. The SMILES string of the molecule is CCN(CC)S(=O)(=O)c1ccc(S(=O)(=O)Nc2ccc(OC)c(Cl)c2)cc1. The minimum absolute atomic E-state index is 0.0395. The van der Waals surface area contributed by atoms with Crippen LogP contribution in [0.1, 0.15) is 13.8 Å². The lowest BCUT2D eigenvalue weighted by molar-refractivity contribution is 0.415. The van der Waals surface area contributed by atoms with E-state index in [1.54, 1.807) is 19.9 Å². The average molecular weight is 433 g/mol. The van der Waals surface area contributed by atoms with E-state index in [0.717, 1.165) is 0 Å². The summed E-state index contributed by atoms with van der Waals surface area (Å²) in [5, 5.41) is 0.262. The van der Waals surface area contributed by atoms with Gasteiger partial charge in [-0.05, 0) is 42.5 Å². The van der Waals surface area contributed by atoms with Crippen molar-refractivity contribution in [3.8, 4) is 5.75 Å². The number of rotatable bonds is 8. The maximum atomic E-state index is 12.5. The number of benzene rings is 2. The highest BCUT2D eigenvalue weighted by molar-refractivity contribution is 7.92. The molecule has 7 nitrogen and oxygen atoms in total. The summed E-state index contributed by atoms with van der Waals surface area (Å²) in [7, 11) is -6.09. The molecule has 0 atom stereocenters. The summed E-state index contributed by atoms with van der Waals surface area (Å²) in [4.78, 5) is -0.0226. The lowest BCUT2D eigenvalue weighted by Gasteiger charge is -2.18. The molecule has 148 valence electrons. The van der Waals surface area contributed by atoms with Gasteiger partial charge >= 0.3 is 0 Å². The van der Waals surface area contributed by atoms with Gasteiger partial charge in [0, 0.05) is 13.1 Å². The molecule has 0 aliphatic carbocycles. The predicted octanol–water partition coefficient (Wildman–Crippen LogP) is 3.18. The lowest BCUT2D eigenvalue weighted by Crippen LogP contribution is -2.30. The molecule has 0 heterocycles. The predicted molar refractivity (Wildman–Crippen MR) is 105 cm³/mol. The van der Waals surface area contributed by atoms with Crippen LogP contribution in [-0.4, -0.2) is 41.3 Å². The van der Waals surface area contributed by atoms with E-state index in [2.05, 4.69) is 4.72 Å². The highest BCUT2D eigenvalue weighted by Gasteiger charge is 2.23. The Labute approximate surface area is 165 Å². The zero-order valence-corrected chi connectivity index (χ0v) is 17.5. The first kappa shape index (κ1) is 21.5. The van der Waals surface area contributed by atoms with Crippen LogP contribution in [0.3, 0.4) is 0 Å². The molecule has 2 aromatic rings. The van der Waals surface area contributed by atoms with Gasteiger partial charge < -0.3 is 4.74 Å². The maximum absolute atomic E-state index is 12.5. The summed E-state index contributed by atoms with van der Waals surface area (Å²) >= 11 is 6.00. The summed E-state index contributed by atoms with van der Waals surface area (Å²) in [6.07, 6.45) is 0. The van der Waals surface area contributed by atoms with Crippen molar-refractivity contribution in [3.05, 3.63) is 47.5 Å². The molecule has 0 fully saturated rings. The second-order valence-corrected chi connectivity index (χ2v) is 9.54. The number of hydrogen-bond acceptors (Lipinski definition) is 5. The molecule has 0 aliphatic heterocycles. The van der Waals surface area contributed by atoms with Gasteiger partial charge in [0.15, 0.2) is 0 Å². The largest absolute Gasteiger partial charge is 0.495 e. The van der Waals surface area contributed by atoms with Crippen molar-refractivity contribution in [3.63, 3.8) is 0 Å². The number of ether oxygens (including phenoxy) is 1. The highest BCUT2D eigenvalue weighted by Crippen LogP contribution is 2.28. The van der Waals surface area contributed by atoms with Crippen molar-refractivity contribution in [2.24, 2.45) is 0 Å². The summed E-state index contributed by atoms with van der Waals surface area (Å²) in [5.41, 5.74) is 0.264. The number of methoxy groups -OCH3 is 1. The number of sulfonamides is 2. The fourth-order valence-electron chi connectivity index (χ4n) is 2.45. The van der Waals surface area contributed by atoms with E-state index >= 15 is 0 Å². The first-order valence-electron chi connectivity index (χ1n) is 8.12. The monoisotopic (exact) mass is 432 g/mol. The molecule has 0 aromatic heterocycles. The van der Waals surface area contributed by atoms with Gasteiger partial charge in [-0.25, -0.2) is 16.8 Å². The Hall–Kier alpha value is -1.81. The molecule has 0 unspecified atom stereocenters. The molecule has 0 radical (unpaired) electrons. The van der Waals surface area contributed by atoms with Gasteiger partial charge in [-0.1, -0.05) is 25.4 Å². The number of anilines is 1. The van der Waals surface area contributed by atoms with E-state index in [1.807, 2.05) is 0 Å². The zero-order chi connectivity index (χ0) is 20.2. The number of halogens is 1. The van der Waals surface area contributed by atoms with Gasteiger partial charge in [-0.15, -0.1) is 0 Å². The van der Waals surface area contributed by atoms with Crippen LogP contribution >= 0.6 is 11.6 Å². The Bertz CT molecular complexity index is 1000. The standard InChI is InChI=1S/C17H21ClN2O5S2/c1-4-20(5-2)27(23,24)15-9-7-14(8-10-15)26(21,22)19-13-6-11-17(25-3)16(18)12-13/h6-12,19H,4-5H2,1-3H3. The first-order chi connectivity index (χ1) is 12.7. The fourth-order valence-corrected chi connectivity index (χ4v) is 5.21. The highest BCUT2D eigenvalue weighted by atomic mass is 35.5. The Kier molecular flexibility index (Phi) is 6.74. The van der Waals surface area contributed by atoms with Gasteiger partial charge in [0.05, 0.1) is 27.6 Å². The van der Waals surface area contributed by atoms with Crippen molar-refractivity contribution in [1.29, 1.82) is 0 Å². The van der Waals surface area contributed by atoms with E-state index < -0.39 is 20.0 Å². The number of hydrogen-bond donors (Lipinski definition) is 1. The van der Waals surface area contributed by atoms with Crippen LogP contribution in [0.2, 0.25) is 5.02 Å². The van der Waals surface area contributed by atoms with Gasteiger partial charge in [0.1, 0.15) is 5.75 Å². The number of nitrogens with zero attached hydrogens (tertiary/aromatic N) is 1. The third-order valence-electron chi connectivity index (χ3n) is 3.88. The molecule has 0 aliphatic rings. The van der Waals surface area contributed by atoms with E-state index in [1.165, 1.54) is 47.8 Å². The molecule has 1 N–H and O–H groups in total. The Morgan fingerprint density at radius 1 is 0.963 bits per heavy atom. The molecule has 2 rings (SSSR count). The zero-order valence-electron chi connectivity index (χ0n) is 15.1. The summed E-state index contributed by atoms with van der Waals surface area (Å²) in [5.74, 6) is 0.422. The van der Waals surface area contributed by atoms with Crippen molar-refractivity contribution in [2.75, 3.05) is 24.9 Å². The molecule has 0 spiro atoms.